The Morgan fingerprint density at radius 1 is 1.06 bits per heavy atom. The third-order valence-electron chi connectivity index (χ3n) is 6.00. The Morgan fingerprint density at radius 3 is 2.59 bits per heavy atom. The molecule has 1 fully saturated rings. The highest BCUT2D eigenvalue weighted by Gasteiger charge is 2.23. The summed E-state index contributed by atoms with van der Waals surface area (Å²) in [6.07, 6.45) is 0.532. The minimum absolute atomic E-state index is 0.0838. The van der Waals surface area contributed by atoms with Gasteiger partial charge in [-0.25, -0.2) is 9.37 Å². The molecule has 10 heteroatoms. The van der Waals surface area contributed by atoms with E-state index in [4.69, 9.17) is 9.47 Å². The molecular formula is C24H26FN5O3S. The van der Waals surface area contributed by atoms with Crippen LogP contribution >= 0.6 is 11.5 Å². The van der Waals surface area contributed by atoms with Gasteiger partial charge in [0.15, 0.2) is 11.5 Å². The van der Waals surface area contributed by atoms with E-state index in [1.807, 2.05) is 29.0 Å². The summed E-state index contributed by atoms with van der Waals surface area (Å²) in [7, 11) is 1.86. The van der Waals surface area contributed by atoms with Crippen molar-refractivity contribution in [2.45, 2.75) is 13.0 Å². The van der Waals surface area contributed by atoms with Gasteiger partial charge >= 0.3 is 0 Å². The highest BCUT2D eigenvalue weighted by Crippen LogP contribution is 2.32. The number of amides is 1. The van der Waals surface area contributed by atoms with Crippen molar-refractivity contribution in [3.63, 3.8) is 0 Å². The molecule has 0 atom stereocenters. The van der Waals surface area contributed by atoms with Gasteiger partial charge in [0.25, 0.3) is 0 Å². The molecule has 178 valence electrons. The second kappa shape index (κ2) is 9.94. The maximum absolute atomic E-state index is 13.1. The third kappa shape index (κ3) is 5.28. The fourth-order valence-electron chi connectivity index (χ4n) is 4.08. The van der Waals surface area contributed by atoms with Crippen LogP contribution in [0.4, 0.5) is 9.52 Å². The fraction of sp³-hybridized carbons (Fsp3) is 0.375. The van der Waals surface area contributed by atoms with Gasteiger partial charge < -0.3 is 19.3 Å². The molecule has 0 bridgehead atoms. The zero-order chi connectivity index (χ0) is 23.5. The average molecular weight is 484 g/mol. The van der Waals surface area contributed by atoms with Crippen LogP contribution in [-0.4, -0.2) is 71.6 Å². The number of hydrogen-bond acceptors (Lipinski definition) is 8. The first-order valence-electron chi connectivity index (χ1n) is 11.2. The highest BCUT2D eigenvalue weighted by molar-refractivity contribution is 7.09. The fourth-order valence-corrected chi connectivity index (χ4v) is 4.72. The van der Waals surface area contributed by atoms with Crippen LogP contribution in [0.15, 0.2) is 42.5 Å². The smallest absolute Gasteiger partial charge is 0.242 e. The van der Waals surface area contributed by atoms with Crippen LogP contribution in [0.3, 0.4) is 0 Å². The number of carbonyl (C=O) groups excluding carboxylic acids is 1. The van der Waals surface area contributed by atoms with Crippen LogP contribution < -0.4 is 14.4 Å². The van der Waals surface area contributed by atoms with Crippen LogP contribution in [0.5, 0.6) is 11.5 Å². The number of carbonyl (C=O) groups is 1. The SMILES string of the molecule is CN(CC(=O)N1CCN(Cc2ccc3c(c2)OCO3)CC1)c1nc(Cc2ccc(F)cc2)ns1. The minimum atomic E-state index is -0.261. The standard InChI is InChI=1S/C24H26FN5O3S/c1-28(24-26-22(27-34-24)13-17-2-5-19(25)6-3-17)15-23(31)30-10-8-29(9-11-30)14-18-4-7-20-21(12-18)33-16-32-20/h2-7,12H,8-11,13-16H2,1H3. The molecule has 1 amide bonds. The van der Waals surface area contributed by atoms with E-state index in [2.05, 4.69) is 20.3 Å². The summed E-state index contributed by atoms with van der Waals surface area (Å²) in [5, 5.41) is 0.701. The van der Waals surface area contributed by atoms with E-state index in [9.17, 15) is 9.18 Å². The molecular weight excluding hydrogens is 457 g/mol. The second-order valence-electron chi connectivity index (χ2n) is 8.50. The molecule has 0 unspecified atom stereocenters. The Labute approximate surface area is 201 Å². The van der Waals surface area contributed by atoms with Crippen LogP contribution in [-0.2, 0) is 17.8 Å². The van der Waals surface area contributed by atoms with Gasteiger partial charge in [-0.05, 0) is 35.4 Å². The quantitative estimate of drug-likeness (QED) is 0.512. The molecule has 0 radical (unpaired) electrons. The monoisotopic (exact) mass is 483 g/mol. The van der Waals surface area contributed by atoms with Crippen molar-refractivity contribution < 1.29 is 18.7 Å². The molecule has 0 N–H and O–H groups in total. The first-order chi connectivity index (χ1) is 16.5. The molecule has 34 heavy (non-hydrogen) atoms. The number of ether oxygens (including phenoxy) is 2. The number of anilines is 1. The van der Waals surface area contributed by atoms with E-state index in [0.29, 0.717) is 30.5 Å². The Kier molecular flexibility index (Phi) is 6.59. The summed E-state index contributed by atoms with van der Waals surface area (Å²) >= 11 is 1.27. The molecule has 8 nitrogen and oxygen atoms in total. The van der Waals surface area contributed by atoms with Gasteiger partial charge in [0, 0.05) is 57.7 Å². The Bertz CT molecular complexity index is 1150. The summed E-state index contributed by atoms with van der Waals surface area (Å²) in [6.45, 7) is 4.40. The Balaban J connectivity index is 1.09. The summed E-state index contributed by atoms with van der Waals surface area (Å²) in [4.78, 5) is 23.5. The first kappa shape index (κ1) is 22.5. The van der Waals surface area contributed by atoms with Gasteiger partial charge in [-0.15, -0.1) is 0 Å². The number of fused-ring (bicyclic) bond motifs is 1. The van der Waals surface area contributed by atoms with E-state index < -0.39 is 0 Å². The van der Waals surface area contributed by atoms with Crippen molar-refractivity contribution in [3.05, 3.63) is 65.2 Å². The number of rotatable bonds is 7. The number of aromatic nitrogens is 2. The summed E-state index contributed by atoms with van der Waals surface area (Å²) in [6, 6.07) is 12.4. The predicted octanol–water partition coefficient (Wildman–Crippen LogP) is 2.78. The van der Waals surface area contributed by atoms with Crippen LogP contribution in [0.25, 0.3) is 0 Å². The van der Waals surface area contributed by atoms with Gasteiger partial charge in [0.1, 0.15) is 11.6 Å². The van der Waals surface area contributed by atoms with E-state index in [-0.39, 0.29) is 25.1 Å². The van der Waals surface area contributed by atoms with E-state index in [1.165, 1.54) is 29.2 Å². The van der Waals surface area contributed by atoms with Crippen molar-refractivity contribution in [2.75, 3.05) is 51.5 Å². The molecule has 1 saturated heterocycles. The summed E-state index contributed by atoms with van der Waals surface area (Å²) < 4.78 is 28.3. The number of benzene rings is 2. The average Bonchev–Trinajstić information content (AvgIpc) is 3.50. The summed E-state index contributed by atoms with van der Waals surface area (Å²) in [5.41, 5.74) is 2.12. The molecule has 3 aromatic rings. The lowest BCUT2D eigenvalue weighted by atomic mass is 10.1. The first-order valence-corrected chi connectivity index (χ1v) is 12.0. The van der Waals surface area contributed by atoms with E-state index >= 15 is 0 Å². The largest absolute Gasteiger partial charge is 0.454 e. The number of piperazine rings is 1. The van der Waals surface area contributed by atoms with Crippen molar-refractivity contribution in [2.24, 2.45) is 0 Å². The second-order valence-corrected chi connectivity index (χ2v) is 9.23. The zero-order valence-corrected chi connectivity index (χ0v) is 19.8. The Morgan fingerprint density at radius 2 is 1.79 bits per heavy atom. The highest BCUT2D eigenvalue weighted by atomic mass is 32.1. The lowest BCUT2D eigenvalue weighted by molar-refractivity contribution is -0.131. The number of nitrogens with zero attached hydrogens (tertiary/aromatic N) is 5. The van der Waals surface area contributed by atoms with Crippen molar-refractivity contribution in [1.82, 2.24) is 19.2 Å². The molecule has 2 aliphatic heterocycles. The van der Waals surface area contributed by atoms with Crippen LogP contribution in [0.2, 0.25) is 0 Å². The van der Waals surface area contributed by atoms with Gasteiger partial charge in [0.2, 0.25) is 17.8 Å². The predicted molar refractivity (Wildman–Crippen MR) is 127 cm³/mol. The maximum atomic E-state index is 13.1. The number of likely N-dealkylation sites (N-methyl/N-ethyl adjacent to an activating group) is 1. The normalized spacial score (nSPS) is 15.5. The molecule has 1 aromatic heterocycles. The molecule has 5 rings (SSSR count). The zero-order valence-electron chi connectivity index (χ0n) is 18.9. The molecule has 3 heterocycles. The van der Waals surface area contributed by atoms with Gasteiger partial charge in [0.05, 0.1) is 6.54 Å². The van der Waals surface area contributed by atoms with E-state index in [1.54, 1.807) is 12.1 Å². The lowest BCUT2D eigenvalue weighted by Crippen LogP contribution is -2.50. The van der Waals surface area contributed by atoms with Gasteiger partial charge in [-0.3, -0.25) is 9.69 Å². The molecule has 0 spiro atoms. The van der Waals surface area contributed by atoms with E-state index in [0.717, 1.165) is 36.7 Å². The van der Waals surface area contributed by atoms with Crippen molar-refractivity contribution in [3.8, 4) is 11.5 Å². The summed E-state index contributed by atoms with van der Waals surface area (Å²) in [5.74, 6) is 2.08. The molecule has 0 aliphatic carbocycles. The number of halogens is 1. The maximum Gasteiger partial charge on any atom is 0.242 e. The van der Waals surface area contributed by atoms with Crippen LogP contribution in [0.1, 0.15) is 17.0 Å². The molecule has 2 aromatic carbocycles. The van der Waals surface area contributed by atoms with Crippen LogP contribution in [0, 0.1) is 5.82 Å². The minimum Gasteiger partial charge on any atom is -0.454 e. The van der Waals surface area contributed by atoms with Crippen molar-refractivity contribution in [1.29, 1.82) is 0 Å². The van der Waals surface area contributed by atoms with Crippen molar-refractivity contribution >= 4 is 22.6 Å². The Hall–Kier alpha value is -3.24. The lowest BCUT2D eigenvalue weighted by Gasteiger charge is -2.35. The third-order valence-corrected chi connectivity index (χ3v) is 6.87. The van der Waals surface area contributed by atoms with Gasteiger partial charge in [-0.1, -0.05) is 18.2 Å². The molecule has 0 saturated carbocycles. The number of hydrogen-bond donors (Lipinski definition) is 0. The topological polar surface area (TPSA) is 71.0 Å². The molecule has 2 aliphatic rings. The van der Waals surface area contributed by atoms with Gasteiger partial charge in [-0.2, -0.15) is 4.37 Å².